The maximum atomic E-state index is 12.3. The second-order valence-corrected chi connectivity index (χ2v) is 6.42. The van der Waals surface area contributed by atoms with Crippen molar-refractivity contribution in [3.05, 3.63) is 66.4 Å². The Labute approximate surface area is 137 Å². The van der Waals surface area contributed by atoms with Gasteiger partial charge in [0.2, 0.25) is 5.91 Å². The highest BCUT2D eigenvalue weighted by Gasteiger charge is 2.35. The van der Waals surface area contributed by atoms with Crippen molar-refractivity contribution in [1.82, 2.24) is 4.98 Å². The van der Waals surface area contributed by atoms with Crippen molar-refractivity contribution in [2.75, 3.05) is 10.7 Å². The molecule has 1 saturated heterocycles. The van der Waals surface area contributed by atoms with E-state index < -0.39 is 0 Å². The molecule has 2 heterocycles. The van der Waals surface area contributed by atoms with Gasteiger partial charge in [0.05, 0.1) is 11.4 Å². The van der Waals surface area contributed by atoms with Crippen LogP contribution in [0.5, 0.6) is 5.75 Å². The average Bonchev–Trinajstić information content (AvgIpc) is 2.97. The molecule has 23 heavy (non-hydrogen) atoms. The molecular weight excluding hydrogens is 308 g/mol. The molecule has 4 nitrogen and oxygen atoms in total. The van der Waals surface area contributed by atoms with E-state index in [1.54, 1.807) is 28.8 Å². The summed E-state index contributed by atoms with van der Waals surface area (Å²) in [7, 11) is 0. The number of phenols is 1. The molecule has 3 aromatic rings. The Bertz CT molecular complexity index is 883. The van der Waals surface area contributed by atoms with Gasteiger partial charge in [-0.15, -0.1) is 11.8 Å². The van der Waals surface area contributed by atoms with Gasteiger partial charge in [-0.3, -0.25) is 9.69 Å². The number of anilines is 1. The Kier molecular flexibility index (Phi) is 3.42. The first kappa shape index (κ1) is 14.1. The number of fused-ring (bicyclic) bond motifs is 1. The number of phenolic OH excluding ortho intramolecular Hbond substituents is 1. The van der Waals surface area contributed by atoms with Crippen molar-refractivity contribution >= 4 is 34.3 Å². The van der Waals surface area contributed by atoms with Gasteiger partial charge < -0.3 is 5.11 Å². The number of aromatic nitrogens is 1. The van der Waals surface area contributed by atoms with Gasteiger partial charge in [-0.05, 0) is 24.3 Å². The average molecular weight is 322 g/mol. The molecule has 1 N–H and O–H groups in total. The van der Waals surface area contributed by atoms with Crippen molar-refractivity contribution in [3.63, 3.8) is 0 Å². The minimum absolute atomic E-state index is 0.0744. The zero-order valence-electron chi connectivity index (χ0n) is 12.2. The zero-order valence-corrected chi connectivity index (χ0v) is 13.0. The van der Waals surface area contributed by atoms with Crippen molar-refractivity contribution in [2.45, 2.75) is 5.37 Å². The molecule has 1 aliphatic heterocycles. The fourth-order valence-electron chi connectivity index (χ4n) is 2.79. The lowest BCUT2D eigenvalue weighted by Crippen LogP contribution is -2.28. The Morgan fingerprint density at radius 3 is 2.70 bits per heavy atom. The summed E-state index contributed by atoms with van der Waals surface area (Å²) in [5.41, 5.74) is 2.21. The second kappa shape index (κ2) is 5.59. The van der Waals surface area contributed by atoms with Crippen LogP contribution in [0.4, 0.5) is 5.69 Å². The predicted molar refractivity (Wildman–Crippen MR) is 92.5 cm³/mol. The molecule has 1 atom stereocenters. The van der Waals surface area contributed by atoms with Gasteiger partial charge in [0.25, 0.3) is 0 Å². The van der Waals surface area contributed by atoms with Gasteiger partial charge >= 0.3 is 0 Å². The Morgan fingerprint density at radius 2 is 1.87 bits per heavy atom. The van der Waals surface area contributed by atoms with Crippen LogP contribution in [-0.2, 0) is 4.79 Å². The van der Waals surface area contributed by atoms with Crippen molar-refractivity contribution in [3.8, 4) is 5.75 Å². The number of hydrogen-bond donors (Lipinski definition) is 1. The quantitative estimate of drug-likeness (QED) is 0.781. The van der Waals surface area contributed by atoms with E-state index in [0.717, 1.165) is 16.8 Å². The first-order valence-electron chi connectivity index (χ1n) is 7.31. The maximum Gasteiger partial charge on any atom is 0.238 e. The van der Waals surface area contributed by atoms with E-state index in [1.807, 2.05) is 48.5 Å². The predicted octanol–water partition coefficient (Wildman–Crippen LogP) is 3.72. The molecule has 1 aliphatic rings. The van der Waals surface area contributed by atoms with Crippen LogP contribution in [0.2, 0.25) is 0 Å². The highest BCUT2D eigenvalue weighted by atomic mass is 32.2. The molecule has 1 aromatic heterocycles. The number of aromatic hydroxyl groups is 1. The van der Waals surface area contributed by atoms with E-state index in [4.69, 9.17) is 0 Å². The number of rotatable bonds is 2. The van der Waals surface area contributed by atoms with E-state index in [2.05, 4.69) is 4.98 Å². The summed E-state index contributed by atoms with van der Waals surface area (Å²) in [4.78, 5) is 18.7. The van der Waals surface area contributed by atoms with Crippen LogP contribution in [0.25, 0.3) is 10.9 Å². The van der Waals surface area contributed by atoms with E-state index in [1.165, 1.54) is 0 Å². The molecular formula is C18H14N2O2S. The molecule has 0 spiro atoms. The molecule has 0 saturated carbocycles. The van der Waals surface area contributed by atoms with Gasteiger partial charge in [0.15, 0.2) is 0 Å². The number of para-hydroxylation sites is 2. The Morgan fingerprint density at radius 1 is 1.04 bits per heavy atom. The topological polar surface area (TPSA) is 53.4 Å². The number of nitrogens with zero attached hydrogens (tertiary/aromatic N) is 2. The number of pyridine rings is 1. The smallest absolute Gasteiger partial charge is 0.238 e. The number of carbonyl (C=O) groups excluding carboxylic acids is 1. The summed E-state index contributed by atoms with van der Waals surface area (Å²) in [5.74, 6) is 0.662. The molecule has 1 fully saturated rings. The van der Waals surface area contributed by atoms with E-state index >= 15 is 0 Å². The zero-order chi connectivity index (χ0) is 15.8. The van der Waals surface area contributed by atoms with Gasteiger partial charge in [0.1, 0.15) is 16.6 Å². The van der Waals surface area contributed by atoms with E-state index in [-0.39, 0.29) is 17.0 Å². The van der Waals surface area contributed by atoms with Gasteiger partial charge in [-0.2, -0.15) is 0 Å². The summed E-state index contributed by atoms with van der Waals surface area (Å²) >= 11 is 1.55. The normalized spacial score (nSPS) is 17.8. The largest absolute Gasteiger partial charge is 0.506 e. The summed E-state index contributed by atoms with van der Waals surface area (Å²) in [5, 5.41) is 10.7. The first-order valence-corrected chi connectivity index (χ1v) is 8.36. The number of hydrogen-bond acceptors (Lipinski definition) is 4. The van der Waals surface area contributed by atoms with Crippen LogP contribution < -0.4 is 4.90 Å². The summed E-state index contributed by atoms with van der Waals surface area (Å²) in [6.45, 7) is 0. The van der Waals surface area contributed by atoms with Crippen LogP contribution in [0.1, 0.15) is 11.1 Å². The van der Waals surface area contributed by atoms with Gasteiger partial charge in [0, 0.05) is 11.1 Å². The molecule has 114 valence electrons. The van der Waals surface area contributed by atoms with Crippen LogP contribution >= 0.6 is 11.8 Å². The van der Waals surface area contributed by atoms with Crippen LogP contribution in [0.3, 0.4) is 0 Å². The summed E-state index contributed by atoms with van der Waals surface area (Å²) in [6, 6.07) is 18.8. The molecule has 1 amide bonds. The lowest BCUT2D eigenvalue weighted by molar-refractivity contribution is -0.115. The number of benzene rings is 2. The van der Waals surface area contributed by atoms with Crippen molar-refractivity contribution < 1.29 is 9.90 Å². The van der Waals surface area contributed by atoms with Gasteiger partial charge in [-0.1, -0.05) is 36.4 Å². The van der Waals surface area contributed by atoms with Gasteiger partial charge in [-0.25, -0.2) is 4.98 Å². The molecule has 2 aromatic carbocycles. The first-order chi connectivity index (χ1) is 11.2. The molecule has 4 rings (SSSR count). The van der Waals surface area contributed by atoms with Crippen LogP contribution in [-0.4, -0.2) is 21.8 Å². The third-order valence-electron chi connectivity index (χ3n) is 3.88. The molecule has 0 aliphatic carbocycles. The van der Waals surface area contributed by atoms with E-state index in [9.17, 15) is 9.90 Å². The molecule has 0 radical (unpaired) electrons. The standard InChI is InChI=1S/C18H14N2O2S/c21-15-8-4-5-12-9-10-14(19-17(12)15)18-20(16(22)11-23-18)13-6-2-1-3-7-13/h1-10,18,21H,11H2. The number of carbonyl (C=O) groups is 1. The minimum atomic E-state index is -0.172. The van der Waals surface area contributed by atoms with Crippen molar-refractivity contribution in [1.29, 1.82) is 0 Å². The monoisotopic (exact) mass is 322 g/mol. The number of amides is 1. The van der Waals surface area contributed by atoms with Crippen LogP contribution in [0.15, 0.2) is 60.7 Å². The third kappa shape index (κ3) is 2.43. The Hall–Kier alpha value is -2.53. The third-order valence-corrected chi connectivity index (χ3v) is 5.06. The fourth-order valence-corrected chi connectivity index (χ4v) is 3.92. The second-order valence-electron chi connectivity index (χ2n) is 5.35. The fraction of sp³-hybridized carbons (Fsp3) is 0.111. The molecule has 0 bridgehead atoms. The molecule has 1 unspecified atom stereocenters. The van der Waals surface area contributed by atoms with Crippen LogP contribution in [0, 0.1) is 0 Å². The summed E-state index contributed by atoms with van der Waals surface area (Å²) in [6.07, 6.45) is 0. The highest BCUT2D eigenvalue weighted by Crippen LogP contribution is 2.41. The summed E-state index contributed by atoms with van der Waals surface area (Å²) < 4.78 is 0. The highest BCUT2D eigenvalue weighted by molar-refractivity contribution is 8.00. The lowest BCUT2D eigenvalue weighted by atomic mass is 10.2. The number of thioether (sulfide) groups is 1. The SMILES string of the molecule is O=C1CSC(c2ccc3cccc(O)c3n2)N1c1ccccc1. The minimum Gasteiger partial charge on any atom is -0.506 e. The Balaban J connectivity index is 1.80. The lowest BCUT2D eigenvalue weighted by Gasteiger charge is -2.23. The van der Waals surface area contributed by atoms with E-state index in [0.29, 0.717) is 11.3 Å². The van der Waals surface area contributed by atoms with Crippen molar-refractivity contribution in [2.24, 2.45) is 0 Å². The molecule has 5 heteroatoms. The maximum absolute atomic E-state index is 12.3.